The lowest BCUT2D eigenvalue weighted by Gasteiger charge is -2.22. The third-order valence-electron chi connectivity index (χ3n) is 7.38. The number of anilines is 2. The van der Waals surface area contributed by atoms with Crippen LogP contribution in [0.3, 0.4) is 0 Å². The first kappa shape index (κ1) is 29.7. The molecule has 0 saturated heterocycles. The van der Waals surface area contributed by atoms with Crippen molar-refractivity contribution in [2.75, 3.05) is 17.7 Å². The van der Waals surface area contributed by atoms with Gasteiger partial charge in [-0.25, -0.2) is 9.18 Å². The highest BCUT2D eigenvalue weighted by Gasteiger charge is 2.26. The number of pyridine rings is 1. The molecule has 43 heavy (non-hydrogen) atoms. The number of aromatic nitrogens is 2. The molecule has 1 aliphatic rings. The number of carbonyl (C=O) groups is 3. The summed E-state index contributed by atoms with van der Waals surface area (Å²) in [5.41, 5.74) is 3.49. The summed E-state index contributed by atoms with van der Waals surface area (Å²) in [4.78, 5) is 42.9. The van der Waals surface area contributed by atoms with Gasteiger partial charge in [0.25, 0.3) is 5.91 Å². The number of rotatable bonds is 4. The molecule has 2 aromatic carbocycles. The summed E-state index contributed by atoms with van der Waals surface area (Å²) in [6, 6.07) is 12.8. The standard InChI is InChI=1S/C31H29ClFN5O5/c1-16-6-4-9-23(36-30(40)27-17(2)28(43-38-27)21-7-5-8-22(32)26(21)33)25-14-18(12-13-34-25)20-11-10-19(35-31(41)42-3)15-24(20)37-29(16)39/h5,7-8,10-16,23H,4,6,9H2,1-3H3,(H,35,41)(H,36,40)(H,37,39). The first-order valence-corrected chi connectivity index (χ1v) is 14.0. The summed E-state index contributed by atoms with van der Waals surface area (Å²) >= 11 is 5.94. The lowest BCUT2D eigenvalue weighted by molar-refractivity contribution is -0.119. The zero-order chi connectivity index (χ0) is 30.7. The molecule has 0 aliphatic carbocycles. The van der Waals surface area contributed by atoms with Crippen molar-refractivity contribution < 1.29 is 28.0 Å². The highest BCUT2D eigenvalue weighted by atomic mass is 35.5. The van der Waals surface area contributed by atoms with Gasteiger partial charge >= 0.3 is 6.09 Å². The maximum absolute atomic E-state index is 14.7. The van der Waals surface area contributed by atoms with Crippen molar-refractivity contribution in [3.63, 3.8) is 0 Å². The van der Waals surface area contributed by atoms with Gasteiger partial charge in [-0.2, -0.15) is 0 Å². The monoisotopic (exact) mass is 605 g/mol. The lowest BCUT2D eigenvalue weighted by Crippen LogP contribution is -2.30. The van der Waals surface area contributed by atoms with Crippen LogP contribution in [0.5, 0.6) is 0 Å². The van der Waals surface area contributed by atoms with Gasteiger partial charge in [0.15, 0.2) is 17.3 Å². The Morgan fingerprint density at radius 3 is 2.74 bits per heavy atom. The van der Waals surface area contributed by atoms with Crippen molar-refractivity contribution in [1.82, 2.24) is 15.5 Å². The van der Waals surface area contributed by atoms with Crippen LogP contribution in [-0.2, 0) is 9.53 Å². The van der Waals surface area contributed by atoms with Crippen molar-refractivity contribution in [3.8, 4) is 22.5 Å². The zero-order valence-corrected chi connectivity index (χ0v) is 24.4. The van der Waals surface area contributed by atoms with Crippen molar-refractivity contribution >= 4 is 40.9 Å². The van der Waals surface area contributed by atoms with Gasteiger partial charge in [-0.05, 0) is 61.7 Å². The fourth-order valence-electron chi connectivity index (χ4n) is 4.97. The van der Waals surface area contributed by atoms with Crippen molar-refractivity contribution in [3.05, 3.63) is 82.5 Å². The van der Waals surface area contributed by atoms with Crippen LogP contribution in [0.2, 0.25) is 5.02 Å². The third kappa shape index (κ3) is 6.36. The number of nitrogens with one attached hydrogen (secondary N) is 3. The average Bonchev–Trinajstić information content (AvgIpc) is 3.38. The molecule has 10 nitrogen and oxygen atoms in total. The van der Waals surface area contributed by atoms with E-state index in [2.05, 4.69) is 30.8 Å². The summed E-state index contributed by atoms with van der Waals surface area (Å²) in [6.07, 6.45) is 2.66. The maximum Gasteiger partial charge on any atom is 0.411 e. The predicted molar refractivity (Wildman–Crippen MR) is 159 cm³/mol. The Labute approximate surface area is 252 Å². The number of amides is 3. The Morgan fingerprint density at radius 1 is 1.14 bits per heavy atom. The van der Waals surface area contributed by atoms with Crippen molar-refractivity contribution in [2.24, 2.45) is 5.92 Å². The number of halogens is 2. The van der Waals surface area contributed by atoms with E-state index in [1.807, 2.05) is 13.0 Å². The molecular weight excluding hydrogens is 577 g/mol. The molecule has 3 N–H and O–H groups in total. The molecule has 0 saturated carbocycles. The van der Waals surface area contributed by atoms with Crippen LogP contribution in [0.15, 0.2) is 59.3 Å². The minimum absolute atomic E-state index is 0.0142. The van der Waals surface area contributed by atoms with Gasteiger partial charge in [-0.1, -0.05) is 42.2 Å². The van der Waals surface area contributed by atoms with Crippen LogP contribution < -0.4 is 16.0 Å². The van der Waals surface area contributed by atoms with Crippen LogP contribution in [-0.4, -0.2) is 35.2 Å². The topological polar surface area (TPSA) is 135 Å². The molecule has 3 heterocycles. The third-order valence-corrected chi connectivity index (χ3v) is 7.67. The first-order valence-electron chi connectivity index (χ1n) is 13.6. The second-order valence-corrected chi connectivity index (χ2v) is 10.7. The Balaban J connectivity index is 1.48. The van der Waals surface area contributed by atoms with E-state index < -0.39 is 23.9 Å². The number of benzene rings is 2. The zero-order valence-electron chi connectivity index (χ0n) is 23.7. The van der Waals surface area contributed by atoms with Gasteiger partial charge in [0.1, 0.15) is 0 Å². The van der Waals surface area contributed by atoms with E-state index >= 15 is 0 Å². The minimum Gasteiger partial charge on any atom is -0.453 e. The van der Waals surface area contributed by atoms with Gasteiger partial charge in [-0.15, -0.1) is 0 Å². The van der Waals surface area contributed by atoms with E-state index in [4.69, 9.17) is 16.1 Å². The number of methoxy groups -OCH3 is 1. The molecule has 4 aromatic rings. The Bertz CT molecular complexity index is 1710. The van der Waals surface area contributed by atoms with Gasteiger partial charge in [0, 0.05) is 28.9 Å². The molecule has 2 atom stereocenters. The highest BCUT2D eigenvalue weighted by molar-refractivity contribution is 6.31. The summed E-state index contributed by atoms with van der Waals surface area (Å²) < 4.78 is 24.7. The van der Waals surface area contributed by atoms with E-state index in [-0.39, 0.29) is 33.9 Å². The SMILES string of the molecule is COC(=O)Nc1ccc2c(c1)NC(=O)C(C)CCCC(NC(=O)c1noc(-c3cccc(Cl)c3F)c1C)c1cc-2ccn1. The normalized spacial score (nSPS) is 16.6. The molecule has 0 fully saturated rings. The van der Waals surface area contributed by atoms with Crippen LogP contribution in [0.1, 0.15) is 54.0 Å². The molecule has 0 radical (unpaired) electrons. The number of ether oxygens (including phenoxy) is 1. The quantitative estimate of drug-likeness (QED) is 0.230. The first-order chi connectivity index (χ1) is 20.7. The Hall–Kier alpha value is -4.77. The molecule has 2 bridgehead atoms. The van der Waals surface area contributed by atoms with E-state index in [1.54, 1.807) is 43.5 Å². The van der Waals surface area contributed by atoms with Crippen molar-refractivity contribution in [2.45, 2.75) is 39.2 Å². The van der Waals surface area contributed by atoms with Crippen molar-refractivity contribution in [1.29, 1.82) is 0 Å². The van der Waals surface area contributed by atoms with E-state index in [0.717, 1.165) is 5.56 Å². The van der Waals surface area contributed by atoms with E-state index in [1.165, 1.54) is 19.2 Å². The Morgan fingerprint density at radius 2 is 1.95 bits per heavy atom. The summed E-state index contributed by atoms with van der Waals surface area (Å²) in [6.45, 7) is 3.46. The van der Waals surface area contributed by atoms with Gasteiger partial charge in [-0.3, -0.25) is 19.9 Å². The number of nitrogens with zero attached hydrogens (tertiary/aromatic N) is 2. The average molecular weight is 606 g/mol. The number of carbonyl (C=O) groups excluding carboxylic acids is 3. The fraction of sp³-hybridized carbons (Fsp3) is 0.258. The molecular formula is C31H29ClFN5O5. The van der Waals surface area contributed by atoms with Gasteiger partial charge in [0.05, 0.1) is 35.1 Å². The smallest absolute Gasteiger partial charge is 0.411 e. The highest BCUT2D eigenvalue weighted by Crippen LogP contribution is 2.35. The van der Waals surface area contributed by atoms with Crippen LogP contribution in [0.4, 0.5) is 20.6 Å². The second-order valence-electron chi connectivity index (χ2n) is 10.3. The molecule has 0 spiro atoms. The predicted octanol–water partition coefficient (Wildman–Crippen LogP) is 6.91. The fourth-order valence-corrected chi connectivity index (χ4v) is 5.14. The Kier molecular flexibility index (Phi) is 8.72. The molecule has 2 unspecified atom stereocenters. The number of hydrogen-bond acceptors (Lipinski definition) is 7. The largest absolute Gasteiger partial charge is 0.453 e. The van der Waals surface area contributed by atoms with Crippen LogP contribution in [0, 0.1) is 18.7 Å². The molecule has 1 aliphatic heterocycles. The molecule has 222 valence electrons. The maximum atomic E-state index is 14.7. The molecule has 3 amide bonds. The van der Waals surface area contributed by atoms with Crippen LogP contribution >= 0.6 is 11.6 Å². The summed E-state index contributed by atoms with van der Waals surface area (Å²) in [5, 5.41) is 12.5. The summed E-state index contributed by atoms with van der Waals surface area (Å²) in [5.74, 6) is -1.57. The van der Waals surface area contributed by atoms with Gasteiger partial charge in [0.2, 0.25) is 5.91 Å². The second kappa shape index (κ2) is 12.6. The molecule has 12 heteroatoms. The van der Waals surface area contributed by atoms with Gasteiger partial charge < -0.3 is 19.9 Å². The molecule has 2 aromatic heterocycles. The number of hydrogen-bond donors (Lipinski definition) is 3. The van der Waals surface area contributed by atoms with E-state index in [0.29, 0.717) is 47.5 Å². The summed E-state index contributed by atoms with van der Waals surface area (Å²) in [7, 11) is 1.27. The lowest BCUT2D eigenvalue weighted by atomic mass is 9.95. The van der Waals surface area contributed by atoms with Crippen LogP contribution in [0.25, 0.3) is 22.5 Å². The van der Waals surface area contributed by atoms with E-state index in [9.17, 15) is 18.8 Å². The minimum atomic E-state index is -0.664. The molecule has 5 rings (SSSR count). The number of fused-ring (bicyclic) bond motifs is 4.